The van der Waals surface area contributed by atoms with Gasteiger partial charge in [0.2, 0.25) is 10.5 Å². The van der Waals surface area contributed by atoms with Crippen LogP contribution in [0.5, 0.6) is 0 Å². The van der Waals surface area contributed by atoms with E-state index in [-0.39, 0.29) is 10.5 Å². The average molecular weight is 563 g/mol. The molecule has 0 saturated heterocycles. The molecule has 0 rings (SSSR count). The predicted octanol–water partition coefficient (Wildman–Crippen LogP) is 6.32. The Balaban J connectivity index is 8.14. The summed E-state index contributed by atoms with van der Waals surface area (Å²) in [4.78, 5) is 0. The van der Waals surface area contributed by atoms with Crippen molar-refractivity contribution in [3.05, 3.63) is 0 Å². The molecule has 3 radical (unpaired) electrons. The summed E-state index contributed by atoms with van der Waals surface area (Å²) in [5.41, 5.74) is -8.94. The largest absolute Gasteiger partial charge is 0.460 e. The highest BCUT2D eigenvalue weighted by Crippen LogP contribution is 2.69. The quantitative estimate of drug-likeness (QED) is 0.260. The normalized spacial score (nSPS) is 16.9. The summed E-state index contributed by atoms with van der Waals surface area (Å²) >= 11 is 0. The van der Waals surface area contributed by atoms with E-state index in [2.05, 4.69) is 0 Å². The zero-order chi connectivity index (χ0) is 27.7. The fraction of sp³-hybridized carbons (Fsp3) is 1.00. The summed E-state index contributed by atoms with van der Waals surface area (Å²) in [6, 6.07) is 0. The number of halogens is 21. The first-order valence-corrected chi connectivity index (χ1v) is 7.04. The second-order valence-electron chi connectivity index (χ2n) is 5.72. The Bertz CT molecular complexity index is 617. The van der Waals surface area contributed by atoms with E-state index in [9.17, 15) is 92.2 Å². The Morgan fingerprint density at radius 2 is 0.455 bits per heavy atom. The van der Waals surface area contributed by atoms with Gasteiger partial charge in [-0.3, -0.25) is 0 Å². The van der Waals surface area contributed by atoms with Crippen molar-refractivity contribution in [3.8, 4) is 0 Å². The molecule has 23 heteroatoms. The van der Waals surface area contributed by atoms with E-state index in [1.807, 2.05) is 0 Å². The van der Waals surface area contributed by atoms with Crippen LogP contribution in [-0.4, -0.2) is 70.2 Å². The number of hydrogen-bond acceptors (Lipinski definition) is 1. The minimum atomic E-state index is -9.13. The van der Waals surface area contributed by atoms with Crippen molar-refractivity contribution in [1.29, 1.82) is 0 Å². The van der Waals surface area contributed by atoms with Gasteiger partial charge in [-0.05, 0) is 0 Å². The molecule has 0 N–H and O–H groups in total. The van der Waals surface area contributed by atoms with Crippen molar-refractivity contribution in [3.63, 3.8) is 0 Å². The molecule has 0 fully saturated rings. The molecule has 0 aliphatic rings. The highest BCUT2D eigenvalue weighted by Gasteiger charge is 3.01. The van der Waals surface area contributed by atoms with Crippen LogP contribution in [0.4, 0.5) is 92.2 Å². The number of hydrogen-bond donors (Lipinski definition) is 0. The predicted molar refractivity (Wildman–Crippen MR) is 57.4 cm³/mol. The molecule has 1 nitrogen and oxygen atoms in total. The third kappa shape index (κ3) is 3.70. The summed E-state index contributed by atoms with van der Waals surface area (Å²) < 4.78 is 274. The van der Waals surface area contributed by atoms with Gasteiger partial charge < -0.3 is 4.43 Å². The third-order valence-electron chi connectivity index (χ3n) is 3.73. The Morgan fingerprint density at radius 3 is 0.545 bits per heavy atom. The Labute approximate surface area is 168 Å². The molecule has 0 unspecified atom stereocenters. The molecule has 0 bridgehead atoms. The van der Waals surface area contributed by atoms with Crippen LogP contribution in [-0.2, 0) is 4.43 Å². The summed E-state index contributed by atoms with van der Waals surface area (Å²) in [7, 11) is 0.281. The standard InChI is InChI=1S/C10F21OSi/c11-2(12,5(17,18)8(23,24)25)1(32-33,3(13,14)6(19,20)9(26,27)28)4(15,16)7(21,22)10(29,30)31. The molecule has 0 aliphatic carbocycles. The van der Waals surface area contributed by atoms with Crippen LogP contribution < -0.4 is 0 Å². The first kappa shape index (κ1) is 31.7. The highest BCUT2D eigenvalue weighted by molar-refractivity contribution is 5.98. The molecule has 197 valence electrons. The van der Waals surface area contributed by atoms with Gasteiger partial charge in [0.15, 0.2) is 0 Å². The molecule has 0 aromatic heterocycles. The van der Waals surface area contributed by atoms with E-state index in [0.29, 0.717) is 0 Å². The van der Waals surface area contributed by atoms with Crippen LogP contribution in [0.15, 0.2) is 0 Å². The van der Waals surface area contributed by atoms with Gasteiger partial charge in [-0.15, -0.1) is 0 Å². The molecule has 0 heterocycles. The lowest BCUT2D eigenvalue weighted by molar-refractivity contribution is -0.497. The summed E-state index contributed by atoms with van der Waals surface area (Å²) in [5, 5.41) is 0. The Hall–Kier alpha value is -1.29. The molecule has 0 aromatic rings. The lowest BCUT2D eigenvalue weighted by atomic mass is 9.73. The molecule has 0 spiro atoms. The molecule has 0 amide bonds. The average Bonchev–Trinajstić information content (AvgIpc) is 2.51. The first-order chi connectivity index (χ1) is 13.8. The van der Waals surface area contributed by atoms with Crippen LogP contribution in [0, 0.1) is 0 Å². The minimum absolute atomic E-state index is 0.281. The van der Waals surface area contributed by atoms with E-state index in [1.165, 1.54) is 0 Å². The Kier molecular flexibility index (Phi) is 7.30. The molecule has 0 aromatic carbocycles. The van der Waals surface area contributed by atoms with Gasteiger partial charge in [-0.1, -0.05) is 0 Å². The van der Waals surface area contributed by atoms with Gasteiger partial charge in [-0.25, -0.2) is 0 Å². The number of rotatable bonds is 7. The highest BCUT2D eigenvalue weighted by atomic mass is 28.2. The van der Waals surface area contributed by atoms with Crippen molar-refractivity contribution in [2.75, 3.05) is 0 Å². The van der Waals surface area contributed by atoms with Gasteiger partial charge in [0.25, 0.3) is 5.60 Å². The smallest absolute Gasteiger partial charge is 0.398 e. The van der Waals surface area contributed by atoms with Crippen molar-refractivity contribution in [1.82, 2.24) is 0 Å². The Morgan fingerprint density at radius 1 is 0.303 bits per heavy atom. The van der Waals surface area contributed by atoms with Crippen molar-refractivity contribution in [2.45, 2.75) is 59.7 Å². The maximum absolute atomic E-state index is 13.9. The van der Waals surface area contributed by atoms with E-state index in [0.717, 1.165) is 0 Å². The van der Waals surface area contributed by atoms with Gasteiger partial charge >= 0.3 is 54.1 Å². The second-order valence-corrected chi connectivity index (χ2v) is 5.93. The minimum Gasteiger partial charge on any atom is -0.398 e. The van der Waals surface area contributed by atoms with Crippen molar-refractivity contribution >= 4 is 10.5 Å². The fourth-order valence-electron chi connectivity index (χ4n) is 1.98. The van der Waals surface area contributed by atoms with Crippen molar-refractivity contribution in [2.24, 2.45) is 0 Å². The lowest BCUT2D eigenvalue weighted by Crippen LogP contribution is -2.85. The van der Waals surface area contributed by atoms with Crippen LogP contribution in [0.2, 0.25) is 0 Å². The van der Waals surface area contributed by atoms with Crippen LogP contribution >= 0.6 is 0 Å². The molecular weight excluding hydrogens is 563 g/mol. The van der Waals surface area contributed by atoms with Crippen molar-refractivity contribution < 1.29 is 96.6 Å². The summed E-state index contributed by atoms with van der Waals surface area (Å²) in [5.74, 6) is -53.6. The summed E-state index contributed by atoms with van der Waals surface area (Å²) in [6.07, 6.45) is -24.7. The van der Waals surface area contributed by atoms with Crippen LogP contribution in [0.3, 0.4) is 0 Å². The molecule has 0 saturated carbocycles. The fourth-order valence-corrected chi connectivity index (χ4v) is 2.37. The van der Waals surface area contributed by atoms with E-state index < -0.39 is 59.7 Å². The maximum Gasteiger partial charge on any atom is 0.460 e. The van der Waals surface area contributed by atoms with E-state index >= 15 is 0 Å². The zero-order valence-electron chi connectivity index (χ0n) is 13.8. The second kappa shape index (κ2) is 7.60. The van der Waals surface area contributed by atoms with E-state index in [4.69, 9.17) is 0 Å². The molecule has 33 heavy (non-hydrogen) atoms. The SMILES string of the molecule is FC(F)(F)C(F)(F)C(F)(F)C(O[Si])(C(F)(F)C(F)(F)C(F)(F)F)C(F)(F)C(F)(F)C(F)(F)F. The third-order valence-corrected chi connectivity index (χ3v) is 4.04. The van der Waals surface area contributed by atoms with Gasteiger partial charge in [0.1, 0.15) is 0 Å². The van der Waals surface area contributed by atoms with E-state index in [1.54, 1.807) is 4.43 Å². The van der Waals surface area contributed by atoms with Crippen LogP contribution in [0.1, 0.15) is 0 Å². The molecule has 0 atom stereocenters. The number of alkyl halides is 21. The first-order valence-electron chi connectivity index (χ1n) is 6.63. The topological polar surface area (TPSA) is 9.23 Å². The lowest BCUT2D eigenvalue weighted by Gasteiger charge is -2.52. The van der Waals surface area contributed by atoms with Crippen LogP contribution in [0.25, 0.3) is 0 Å². The zero-order valence-corrected chi connectivity index (χ0v) is 14.8. The monoisotopic (exact) mass is 563 g/mol. The summed E-state index contributed by atoms with van der Waals surface area (Å²) in [6.45, 7) is 0. The maximum atomic E-state index is 13.9. The van der Waals surface area contributed by atoms with Gasteiger partial charge in [0, 0.05) is 0 Å². The van der Waals surface area contributed by atoms with Gasteiger partial charge in [-0.2, -0.15) is 92.2 Å². The molecular formula is C10F21OSi. The molecule has 0 aliphatic heterocycles. The van der Waals surface area contributed by atoms with Gasteiger partial charge in [0.05, 0.1) is 0 Å².